The molecule has 0 aliphatic heterocycles. The number of nitrogens with two attached hydrogens (primary N) is 1. The Hall–Kier alpha value is -2.15. The van der Waals surface area contributed by atoms with Gasteiger partial charge < -0.3 is 15.8 Å². The van der Waals surface area contributed by atoms with E-state index in [1.165, 1.54) is 18.2 Å². The summed E-state index contributed by atoms with van der Waals surface area (Å²) in [7, 11) is 0. The zero-order valence-electron chi connectivity index (χ0n) is 10.7. The van der Waals surface area contributed by atoms with Crippen molar-refractivity contribution < 1.29 is 14.5 Å². The molecule has 0 fully saturated rings. The Morgan fingerprint density at radius 2 is 2.32 bits per heavy atom. The first kappa shape index (κ1) is 14.9. The second-order valence-corrected chi connectivity index (χ2v) is 4.16. The zero-order chi connectivity index (χ0) is 14.3. The van der Waals surface area contributed by atoms with Gasteiger partial charge in [0.05, 0.1) is 11.0 Å². The highest BCUT2D eigenvalue weighted by atomic mass is 16.6. The van der Waals surface area contributed by atoms with Crippen LogP contribution in [-0.2, 0) is 4.79 Å². The minimum Gasteiger partial charge on any atom is -0.484 e. The molecule has 0 spiro atoms. The number of non-ortho nitro benzene ring substituents is 1. The summed E-state index contributed by atoms with van der Waals surface area (Å²) in [5.41, 5.74) is 5.47. The standard InChI is InChI=1S/C12H17N3O4/c1-9(13)5-6-14-12(16)8-19-11-4-2-3-10(7-11)15(17)18/h2-4,7,9H,5-6,8,13H2,1H3,(H,14,16). The Kier molecular flexibility index (Phi) is 5.74. The predicted octanol–water partition coefficient (Wildman–Crippen LogP) is 0.827. The second-order valence-electron chi connectivity index (χ2n) is 4.16. The predicted molar refractivity (Wildman–Crippen MR) is 69.9 cm³/mol. The molecule has 0 aliphatic rings. The maximum atomic E-state index is 11.4. The van der Waals surface area contributed by atoms with Gasteiger partial charge in [-0.15, -0.1) is 0 Å². The van der Waals surface area contributed by atoms with E-state index in [-0.39, 0.29) is 30.0 Å². The molecule has 1 amide bonds. The average Bonchev–Trinajstić information content (AvgIpc) is 2.36. The third kappa shape index (κ3) is 5.82. The summed E-state index contributed by atoms with van der Waals surface area (Å²) in [6.45, 7) is 2.15. The summed E-state index contributed by atoms with van der Waals surface area (Å²) in [4.78, 5) is 21.4. The van der Waals surface area contributed by atoms with E-state index < -0.39 is 4.92 Å². The molecule has 1 atom stereocenters. The van der Waals surface area contributed by atoms with Gasteiger partial charge in [-0.05, 0) is 19.4 Å². The van der Waals surface area contributed by atoms with Crippen LogP contribution >= 0.6 is 0 Å². The first-order valence-corrected chi connectivity index (χ1v) is 5.88. The molecule has 7 heteroatoms. The number of amides is 1. The summed E-state index contributed by atoms with van der Waals surface area (Å²) in [5, 5.41) is 13.2. The van der Waals surface area contributed by atoms with E-state index in [1.54, 1.807) is 6.07 Å². The van der Waals surface area contributed by atoms with Crippen LogP contribution < -0.4 is 15.8 Å². The monoisotopic (exact) mass is 267 g/mol. The Bertz CT molecular complexity index is 448. The third-order valence-corrected chi connectivity index (χ3v) is 2.32. The maximum Gasteiger partial charge on any atom is 0.273 e. The van der Waals surface area contributed by atoms with Gasteiger partial charge in [-0.1, -0.05) is 6.07 Å². The van der Waals surface area contributed by atoms with Gasteiger partial charge in [0.2, 0.25) is 0 Å². The fourth-order valence-corrected chi connectivity index (χ4v) is 1.33. The fourth-order valence-electron chi connectivity index (χ4n) is 1.33. The highest BCUT2D eigenvalue weighted by Gasteiger charge is 2.08. The summed E-state index contributed by atoms with van der Waals surface area (Å²) in [5.74, 6) is 0.00343. The molecular weight excluding hydrogens is 250 g/mol. The van der Waals surface area contributed by atoms with E-state index >= 15 is 0 Å². The van der Waals surface area contributed by atoms with Crippen molar-refractivity contribution in [3.8, 4) is 5.75 Å². The highest BCUT2D eigenvalue weighted by molar-refractivity contribution is 5.77. The lowest BCUT2D eigenvalue weighted by Crippen LogP contribution is -2.32. The van der Waals surface area contributed by atoms with E-state index in [0.717, 1.165) is 0 Å². The number of benzene rings is 1. The summed E-state index contributed by atoms with van der Waals surface area (Å²) in [6.07, 6.45) is 0.683. The van der Waals surface area contributed by atoms with Crippen LogP contribution in [0.3, 0.4) is 0 Å². The van der Waals surface area contributed by atoms with Gasteiger partial charge in [0.25, 0.3) is 11.6 Å². The quantitative estimate of drug-likeness (QED) is 0.562. The molecule has 19 heavy (non-hydrogen) atoms. The molecule has 0 aromatic heterocycles. The molecular formula is C12H17N3O4. The largest absolute Gasteiger partial charge is 0.484 e. The number of hydrogen-bond donors (Lipinski definition) is 2. The van der Waals surface area contributed by atoms with Gasteiger partial charge in [-0.2, -0.15) is 0 Å². The number of hydrogen-bond acceptors (Lipinski definition) is 5. The van der Waals surface area contributed by atoms with Crippen LogP contribution in [0.15, 0.2) is 24.3 Å². The normalized spacial score (nSPS) is 11.7. The van der Waals surface area contributed by atoms with Crippen molar-refractivity contribution in [2.45, 2.75) is 19.4 Å². The number of ether oxygens (including phenoxy) is 1. The van der Waals surface area contributed by atoms with Crippen molar-refractivity contribution in [2.24, 2.45) is 5.73 Å². The van der Waals surface area contributed by atoms with Crippen LogP contribution in [0.5, 0.6) is 5.75 Å². The van der Waals surface area contributed by atoms with Gasteiger partial charge in [0.15, 0.2) is 6.61 Å². The molecule has 1 aromatic rings. The molecule has 1 unspecified atom stereocenters. The van der Waals surface area contributed by atoms with Crippen LogP contribution in [0.1, 0.15) is 13.3 Å². The van der Waals surface area contributed by atoms with Crippen LogP contribution in [0.25, 0.3) is 0 Å². The van der Waals surface area contributed by atoms with Crippen LogP contribution in [0.2, 0.25) is 0 Å². The van der Waals surface area contributed by atoms with Crippen LogP contribution in [-0.4, -0.2) is 30.0 Å². The second kappa shape index (κ2) is 7.32. The third-order valence-electron chi connectivity index (χ3n) is 2.32. The van der Waals surface area contributed by atoms with Crippen LogP contribution in [0, 0.1) is 10.1 Å². The van der Waals surface area contributed by atoms with Gasteiger partial charge in [0, 0.05) is 18.7 Å². The molecule has 3 N–H and O–H groups in total. The van der Waals surface area contributed by atoms with E-state index in [2.05, 4.69) is 5.32 Å². The SMILES string of the molecule is CC(N)CCNC(=O)COc1cccc([N+](=O)[O-])c1. The highest BCUT2D eigenvalue weighted by Crippen LogP contribution is 2.18. The summed E-state index contributed by atoms with van der Waals surface area (Å²) < 4.78 is 5.17. The average molecular weight is 267 g/mol. The number of carbonyl (C=O) groups is 1. The number of nitro benzene ring substituents is 1. The minimum absolute atomic E-state index is 0.0259. The molecule has 0 radical (unpaired) electrons. The van der Waals surface area contributed by atoms with Crippen molar-refractivity contribution in [3.05, 3.63) is 34.4 Å². The van der Waals surface area contributed by atoms with Gasteiger partial charge >= 0.3 is 0 Å². The van der Waals surface area contributed by atoms with Crippen molar-refractivity contribution in [2.75, 3.05) is 13.2 Å². The molecule has 1 rings (SSSR count). The lowest BCUT2D eigenvalue weighted by atomic mass is 10.2. The number of rotatable bonds is 7. The number of carbonyl (C=O) groups excluding carboxylic acids is 1. The number of nitrogens with one attached hydrogen (secondary N) is 1. The maximum absolute atomic E-state index is 11.4. The molecule has 1 aromatic carbocycles. The summed E-state index contributed by atoms with van der Waals surface area (Å²) in [6, 6.07) is 5.71. The molecule has 7 nitrogen and oxygen atoms in total. The molecule has 0 aliphatic carbocycles. The molecule has 0 heterocycles. The van der Waals surface area contributed by atoms with Crippen molar-refractivity contribution in [1.29, 1.82) is 0 Å². The Balaban J connectivity index is 2.37. The van der Waals surface area contributed by atoms with Gasteiger partial charge in [-0.25, -0.2) is 0 Å². The minimum atomic E-state index is -0.518. The lowest BCUT2D eigenvalue weighted by molar-refractivity contribution is -0.384. The number of nitrogens with zero attached hydrogens (tertiary/aromatic N) is 1. The summed E-state index contributed by atoms with van der Waals surface area (Å²) >= 11 is 0. The zero-order valence-corrected chi connectivity index (χ0v) is 10.7. The molecule has 0 saturated heterocycles. The van der Waals surface area contributed by atoms with E-state index in [9.17, 15) is 14.9 Å². The van der Waals surface area contributed by atoms with E-state index in [1.807, 2.05) is 6.92 Å². The smallest absolute Gasteiger partial charge is 0.273 e. The van der Waals surface area contributed by atoms with Crippen molar-refractivity contribution >= 4 is 11.6 Å². The van der Waals surface area contributed by atoms with Crippen LogP contribution in [0.4, 0.5) is 5.69 Å². The lowest BCUT2D eigenvalue weighted by Gasteiger charge is -2.08. The van der Waals surface area contributed by atoms with Gasteiger partial charge in [0.1, 0.15) is 5.75 Å². The molecule has 0 saturated carbocycles. The topological polar surface area (TPSA) is 107 Å². The van der Waals surface area contributed by atoms with E-state index in [4.69, 9.17) is 10.5 Å². The Morgan fingerprint density at radius 3 is 2.95 bits per heavy atom. The first-order valence-electron chi connectivity index (χ1n) is 5.88. The van der Waals surface area contributed by atoms with Crippen molar-refractivity contribution in [3.63, 3.8) is 0 Å². The molecule has 104 valence electrons. The van der Waals surface area contributed by atoms with Gasteiger partial charge in [-0.3, -0.25) is 14.9 Å². The first-order chi connectivity index (χ1) is 8.99. The Morgan fingerprint density at radius 1 is 1.58 bits per heavy atom. The van der Waals surface area contributed by atoms with Crippen molar-refractivity contribution in [1.82, 2.24) is 5.32 Å². The van der Waals surface area contributed by atoms with E-state index in [0.29, 0.717) is 13.0 Å². The molecule has 0 bridgehead atoms. The Labute approximate surface area is 110 Å². The number of nitro groups is 1. The fraction of sp³-hybridized carbons (Fsp3) is 0.417.